The van der Waals surface area contributed by atoms with Gasteiger partial charge in [-0.3, -0.25) is 4.72 Å². The van der Waals surface area contributed by atoms with Gasteiger partial charge < -0.3 is 4.74 Å². The minimum Gasteiger partial charge on any atom is -0.463 e. The van der Waals surface area contributed by atoms with Crippen molar-refractivity contribution in [3.05, 3.63) is 82.5 Å². The van der Waals surface area contributed by atoms with E-state index in [1.807, 2.05) is 6.92 Å². The lowest BCUT2D eigenvalue weighted by molar-refractivity contribution is -0.137. The van der Waals surface area contributed by atoms with Crippen molar-refractivity contribution in [2.45, 2.75) is 18.7 Å². The Morgan fingerprint density at radius 1 is 1.15 bits per heavy atom. The summed E-state index contributed by atoms with van der Waals surface area (Å²) in [5, 5.41) is 0.505. The fourth-order valence-corrected chi connectivity index (χ4v) is 3.39. The van der Waals surface area contributed by atoms with Crippen molar-refractivity contribution in [2.24, 2.45) is 0 Å². The van der Waals surface area contributed by atoms with Crippen LogP contribution in [0.25, 0.3) is 6.08 Å². The molecular weight excluding hydrogens is 386 g/mol. The van der Waals surface area contributed by atoms with Gasteiger partial charge in [-0.1, -0.05) is 53.6 Å². The van der Waals surface area contributed by atoms with Crippen LogP contribution in [0.2, 0.25) is 5.02 Å². The Bertz CT molecular complexity index is 964. The molecule has 0 aliphatic rings. The largest absolute Gasteiger partial charge is 0.463 e. The highest BCUT2D eigenvalue weighted by Gasteiger charge is 2.15. The van der Waals surface area contributed by atoms with E-state index in [9.17, 15) is 13.2 Å². The molecular formula is C20H20ClNO4S. The number of sulfonamides is 1. The maximum atomic E-state index is 12.6. The second kappa shape index (κ2) is 9.39. The van der Waals surface area contributed by atoms with Crippen molar-refractivity contribution in [3.8, 4) is 0 Å². The highest BCUT2D eigenvalue weighted by molar-refractivity contribution is 7.89. The van der Waals surface area contributed by atoms with Gasteiger partial charge in [0.25, 0.3) is 10.0 Å². The molecule has 2 rings (SSSR count). The number of halogens is 1. The van der Waals surface area contributed by atoms with Crippen LogP contribution in [0.4, 0.5) is 0 Å². The molecule has 0 radical (unpaired) electrons. The maximum absolute atomic E-state index is 12.6. The van der Waals surface area contributed by atoms with Gasteiger partial charge in [0.05, 0.1) is 17.2 Å². The molecule has 7 heteroatoms. The first-order valence-corrected chi connectivity index (χ1v) is 10.1. The molecule has 0 spiro atoms. The number of allylic oxidation sites excluding steroid dienone is 1. The fourth-order valence-electron chi connectivity index (χ4n) is 2.14. The minimum absolute atomic E-state index is 0.0638. The van der Waals surface area contributed by atoms with Crippen molar-refractivity contribution in [1.29, 1.82) is 0 Å². The number of aryl methyl sites for hydroxylation is 1. The van der Waals surface area contributed by atoms with Gasteiger partial charge in [0.2, 0.25) is 0 Å². The zero-order chi connectivity index (χ0) is 19.9. The summed E-state index contributed by atoms with van der Waals surface area (Å²) in [6, 6.07) is 13.5. The van der Waals surface area contributed by atoms with Crippen LogP contribution in [0.5, 0.6) is 0 Å². The van der Waals surface area contributed by atoms with Gasteiger partial charge in [-0.25, -0.2) is 13.2 Å². The van der Waals surface area contributed by atoms with Crippen LogP contribution in [0.15, 0.2) is 71.3 Å². The summed E-state index contributed by atoms with van der Waals surface area (Å²) in [5.41, 5.74) is 1.69. The summed E-state index contributed by atoms with van der Waals surface area (Å²) < 4.78 is 32.5. The molecule has 0 saturated carbocycles. The normalized spacial score (nSPS) is 12.2. The molecule has 0 aliphatic carbocycles. The summed E-state index contributed by atoms with van der Waals surface area (Å²) >= 11 is 6.11. The molecule has 142 valence electrons. The van der Waals surface area contributed by atoms with Gasteiger partial charge in [-0.2, -0.15) is 0 Å². The average Bonchev–Trinajstić information content (AvgIpc) is 2.61. The number of nitrogens with one attached hydrogen (secondary N) is 1. The first-order valence-electron chi connectivity index (χ1n) is 8.22. The Balaban J connectivity index is 2.34. The molecule has 0 heterocycles. The first kappa shape index (κ1) is 20.7. The van der Waals surface area contributed by atoms with Crippen molar-refractivity contribution >= 4 is 33.7 Å². The molecule has 2 aromatic rings. The van der Waals surface area contributed by atoms with E-state index in [1.165, 1.54) is 18.2 Å². The lowest BCUT2D eigenvalue weighted by Gasteiger charge is -2.09. The van der Waals surface area contributed by atoms with E-state index in [1.54, 1.807) is 49.4 Å². The molecule has 0 saturated heterocycles. The number of hydrogen-bond acceptors (Lipinski definition) is 4. The van der Waals surface area contributed by atoms with Crippen LogP contribution < -0.4 is 4.72 Å². The van der Waals surface area contributed by atoms with E-state index in [-0.39, 0.29) is 17.2 Å². The summed E-state index contributed by atoms with van der Waals surface area (Å²) in [7, 11) is -3.86. The maximum Gasteiger partial charge on any atom is 0.332 e. The van der Waals surface area contributed by atoms with Gasteiger partial charge in [0.15, 0.2) is 0 Å². The smallest absolute Gasteiger partial charge is 0.332 e. The third kappa shape index (κ3) is 6.27. The van der Waals surface area contributed by atoms with Gasteiger partial charge in [-0.05, 0) is 43.7 Å². The zero-order valence-electron chi connectivity index (χ0n) is 15.0. The number of carbonyl (C=O) groups is 1. The molecule has 0 aliphatic heterocycles. The molecule has 0 fully saturated rings. The number of hydrogen-bond donors (Lipinski definition) is 1. The van der Waals surface area contributed by atoms with Gasteiger partial charge in [0.1, 0.15) is 0 Å². The monoisotopic (exact) mass is 405 g/mol. The number of esters is 1. The molecule has 0 amide bonds. The van der Waals surface area contributed by atoms with Crippen LogP contribution in [-0.2, 0) is 19.6 Å². The Labute approximate surface area is 164 Å². The van der Waals surface area contributed by atoms with E-state index in [4.69, 9.17) is 16.3 Å². The summed E-state index contributed by atoms with van der Waals surface area (Å²) in [6.45, 7) is 3.71. The van der Waals surface area contributed by atoms with Crippen molar-refractivity contribution in [1.82, 2.24) is 4.72 Å². The van der Waals surface area contributed by atoms with Crippen LogP contribution in [-0.4, -0.2) is 21.0 Å². The predicted octanol–water partition coefficient (Wildman–Crippen LogP) is 4.09. The van der Waals surface area contributed by atoms with Crippen LogP contribution in [0, 0.1) is 6.92 Å². The van der Waals surface area contributed by atoms with E-state index in [0.717, 1.165) is 11.6 Å². The van der Waals surface area contributed by atoms with Crippen molar-refractivity contribution in [2.75, 3.05) is 6.61 Å². The van der Waals surface area contributed by atoms with E-state index in [0.29, 0.717) is 10.6 Å². The van der Waals surface area contributed by atoms with Crippen molar-refractivity contribution in [3.63, 3.8) is 0 Å². The number of benzene rings is 2. The molecule has 0 unspecified atom stereocenters. The molecule has 2 aromatic carbocycles. The highest BCUT2D eigenvalue weighted by atomic mass is 35.5. The Morgan fingerprint density at radius 3 is 2.44 bits per heavy atom. The standard InChI is InChI=1S/C20H20ClNO4S/c1-3-26-20(23)14-17(11-10-16-6-4-5-7-19(16)21)22-27(24,25)18-12-8-15(2)9-13-18/h4-14,22H,3H2,1-2H3/b11-10+,17-14-. The number of carbonyl (C=O) groups excluding carboxylic acids is 1. The second-order valence-corrected chi connectivity index (χ2v) is 7.71. The summed E-state index contributed by atoms with van der Waals surface area (Å²) in [6.07, 6.45) is 4.16. The summed E-state index contributed by atoms with van der Waals surface area (Å²) in [5.74, 6) is -0.650. The second-order valence-electron chi connectivity index (χ2n) is 5.63. The van der Waals surface area contributed by atoms with E-state index in [2.05, 4.69) is 4.72 Å². The Hall–Kier alpha value is -2.57. The van der Waals surface area contributed by atoms with Crippen LogP contribution >= 0.6 is 11.6 Å². The van der Waals surface area contributed by atoms with Gasteiger partial charge >= 0.3 is 5.97 Å². The van der Waals surface area contributed by atoms with Crippen LogP contribution in [0.1, 0.15) is 18.1 Å². The van der Waals surface area contributed by atoms with Gasteiger partial charge in [-0.15, -0.1) is 0 Å². The minimum atomic E-state index is -3.86. The quantitative estimate of drug-likeness (QED) is 0.428. The van der Waals surface area contributed by atoms with Crippen LogP contribution in [0.3, 0.4) is 0 Å². The van der Waals surface area contributed by atoms with E-state index >= 15 is 0 Å². The topological polar surface area (TPSA) is 72.5 Å². The third-order valence-corrected chi connectivity index (χ3v) is 5.23. The molecule has 5 nitrogen and oxygen atoms in total. The van der Waals surface area contributed by atoms with Gasteiger partial charge in [0, 0.05) is 11.1 Å². The molecule has 27 heavy (non-hydrogen) atoms. The lowest BCUT2D eigenvalue weighted by Crippen LogP contribution is -2.23. The van der Waals surface area contributed by atoms with E-state index < -0.39 is 16.0 Å². The first-order chi connectivity index (χ1) is 12.8. The SMILES string of the molecule is CCOC(=O)/C=C(/C=C/c1ccccc1Cl)NS(=O)(=O)c1ccc(C)cc1. The Morgan fingerprint density at radius 2 is 1.81 bits per heavy atom. The average molecular weight is 406 g/mol. The zero-order valence-corrected chi connectivity index (χ0v) is 16.5. The lowest BCUT2D eigenvalue weighted by atomic mass is 10.2. The molecule has 0 atom stereocenters. The molecule has 1 N–H and O–H groups in total. The highest BCUT2D eigenvalue weighted by Crippen LogP contribution is 2.18. The third-order valence-electron chi connectivity index (χ3n) is 3.49. The molecule has 0 aromatic heterocycles. The summed E-state index contributed by atoms with van der Waals surface area (Å²) in [4.78, 5) is 11.9. The van der Waals surface area contributed by atoms with Crippen molar-refractivity contribution < 1.29 is 17.9 Å². The number of ether oxygens (including phenoxy) is 1. The fraction of sp³-hybridized carbons (Fsp3) is 0.150. The molecule has 0 bridgehead atoms. The Kier molecular flexibility index (Phi) is 7.21. The number of rotatable bonds is 7. The predicted molar refractivity (Wildman–Crippen MR) is 107 cm³/mol.